The van der Waals surface area contributed by atoms with E-state index in [4.69, 9.17) is 4.74 Å². The Morgan fingerprint density at radius 2 is 1.92 bits per heavy atom. The lowest BCUT2D eigenvalue weighted by Crippen LogP contribution is -2.35. The number of amides is 2. The van der Waals surface area contributed by atoms with Gasteiger partial charge in [-0.15, -0.1) is 0 Å². The van der Waals surface area contributed by atoms with Gasteiger partial charge in [0, 0.05) is 12.2 Å². The molecular formula is C18H22N4O3. The maximum Gasteiger partial charge on any atom is 0.262 e. The molecule has 1 aliphatic rings. The second kappa shape index (κ2) is 8.32. The molecule has 7 heteroatoms. The fourth-order valence-electron chi connectivity index (χ4n) is 2.87. The monoisotopic (exact) mass is 342 g/mol. The molecule has 3 rings (SSSR count). The molecule has 0 saturated heterocycles. The van der Waals surface area contributed by atoms with E-state index in [9.17, 15) is 9.59 Å². The molecule has 1 aromatic carbocycles. The Balaban J connectivity index is 1.42. The summed E-state index contributed by atoms with van der Waals surface area (Å²) >= 11 is 0. The van der Waals surface area contributed by atoms with E-state index in [1.807, 2.05) is 18.2 Å². The van der Waals surface area contributed by atoms with Gasteiger partial charge in [-0.1, -0.05) is 31.0 Å². The summed E-state index contributed by atoms with van der Waals surface area (Å²) in [4.78, 5) is 23.9. The molecule has 1 aromatic heterocycles. The minimum Gasteiger partial charge on any atom is -0.484 e. The van der Waals surface area contributed by atoms with Crippen molar-refractivity contribution in [3.63, 3.8) is 0 Å². The van der Waals surface area contributed by atoms with Crippen molar-refractivity contribution in [3.8, 4) is 5.75 Å². The minimum absolute atomic E-state index is 0.0553. The fourth-order valence-corrected chi connectivity index (χ4v) is 2.87. The highest BCUT2D eigenvalue weighted by molar-refractivity contribution is 5.91. The molecule has 7 nitrogen and oxygen atoms in total. The van der Waals surface area contributed by atoms with Crippen molar-refractivity contribution in [3.05, 3.63) is 42.7 Å². The number of para-hydroxylation sites is 1. The Kier molecular flexibility index (Phi) is 5.66. The van der Waals surface area contributed by atoms with Crippen LogP contribution in [-0.2, 0) is 16.1 Å². The SMILES string of the molecule is O=C(COc1ccccc1)Nc1cnn(CC(=O)NC2CCCC2)c1. The number of nitrogens with one attached hydrogen (secondary N) is 2. The summed E-state index contributed by atoms with van der Waals surface area (Å²) in [5.41, 5.74) is 0.537. The van der Waals surface area contributed by atoms with E-state index in [0.29, 0.717) is 11.4 Å². The highest BCUT2D eigenvalue weighted by Gasteiger charge is 2.17. The Labute approximate surface area is 146 Å². The topological polar surface area (TPSA) is 85.2 Å². The van der Waals surface area contributed by atoms with E-state index >= 15 is 0 Å². The van der Waals surface area contributed by atoms with Gasteiger partial charge in [0.2, 0.25) is 5.91 Å². The number of nitrogens with zero attached hydrogens (tertiary/aromatic N) is 2. The van der Waals surface area contributed by atoms with Crippen LogP contribution in [0, 0.1) is 0 Å². The highest BCUT2D eigenvalue weighted by Crippen LogP contribution is 2.17. The lowest BCUT2D eigenvalue weighted by atomic mass is 10.2. The van der Waals surface area contributed by atoms with Gasteiger partial charge in [-0.05, 0) is 25.0 Å². The molecule has 0 radical (unpaired) electrons. The average molecular weight is 342 g/mol. The zero-order valence-electron chi connectivity index (χ0n) is 14.0. The minimum atomic E-state index is -0.279. The third kappa shape index (κ3) is 5.34. The van der Waals surface area contributed by atoms with Crippen molar-refractivity contribution in [1.29, 1.82) is 0 Å². The molecule has 2 amide bonds. The van der Waals surface area contributed by atoms with E-state index in [1.54, 1.807) is 18.3 Å². The summed E-state index contributed by atoms with van der Waals surface area (Å²) in [5, 5.41) is 9.81. The van der Waals surface area contributed by atoms with Gasteiger partial charge >= 0.3 is 0 Å². The molecule has 0 atom stereocenters. The quantitative estimate of drug-likeness (QED) is 0.805. The van der Waals surface area contributed by atoms with Crippen molar-refractivity contribution in [2.75, 3.05) is 11.9 Å². The normalized spacial score (nSPS) is 14.2. The van der Waals surface area contributed by atoms with Gasteiger partial charge in [-0.25, -0.2) is 0 Å². The van der Waals surface area contributed by atoms with Crippen LogP contribution in [0.25, 0.3) is 0 Å². The van der Waals surface area contributed by atoms with Crippen molar-refractivity contribution in [1.82, 2.24) is 15.1 Å². The first-order valence-electron chi connectivity index (χ1n) is 8.48. The number of carbonyl (C=O) groups excluding carboxylic acids is 2. The fraction of sp³-hybridized carbons (Fsp3) is 0.389. The predicted octanol–water partition coefficient (Wildman–Crippen LogP) is 1.96. The molecule has 0 bridgehead atoms. The van der Waals surface area contributed by atoms with E-state index in [0.717, 1.165) is 12.8 Å². The third-order valence-electron chi connectivity index (χ3n) is 4.06. The molecule has 1 saturated carbocycles. The Morgan fingerprint density at radius 1 is 1.16 bits per heavy atom. The number of carbonyl (C=O) groups is 2. The van der Waals surface area contributed by atoms with Gasteiger partial charge in [-0.3, -0.25) is 14.3 Å². The molecule has 2 N–H and O–H groups in total. The van der Waals surface area contributed by atoms with Gasteiger partial charge < -0.3 is 15.4 Å². The van der Waals surface area contributed by atoms with E-state index in [-0.39, 0.29) is 31.0 Å². The van der Waals surface area contributed by atoms with Crippen LogP contribution in [-0.4, -0.2) is 34.2 Å². The lowest BCUT2D eigenvalue weighted by molar-refractivity contribution is -0.122. The molecule has 2 aromatic rings. The summed E-state index contributed by atoms with van der Waals surface area (Å²) in [6, 6.07) is 9.42. The molecule has 25 heavy (non-hydrogen) atoms. The number of ether oxygens (including phenoxy) is 1. The second-order valence-electron chi connectivity index (χ2n) is 6.13. The summed E-state index contributed by atoms with van der Waals surface area (Å²) in [6.07, 6.45) is 7.60. The zero-order valence-corrected chi connectivity index (χ0v) is 14.0. The number of hydrogen-bond donors (Lipinski definition) is 2. The van der Waals surface area contributed by atoms with Crippen molar-refractivity contribution >= 4 is 17.5 Å². The van der Waals surface area contributed by atoms with E-state index in [1.165, 1.54) is 23.7 Å². The Morgan fingerprint density at radius 3 is 2.68 bits per heavy atom. The van der Waals surface area contributed by atoms with Crippen LogP contribution in [0.15, 0.2) is 42.7 Å². The summed E-state index contributed by atoms with van der Waals surface area (Å²) in [5.74, 6) is 0.302. The smallest absolute Gasteiger partial charge is 0.262 e. The molecule has 1 aliphatic carbocycles. The van der Waals surface area contributed by atoms with Crippen LogP contribution in [0.4, 0.5) is 5.69 Å². The number of aromatic nitrogens is 2. The zero-order chi connectivity index (χ0) is 17.5. The van der Waals surface area contributed by atoms with Crippen molar-refractivity contribution < 1.29 is 14.3 Å². The first-order valence-corrected chi connectivity index (χ1v) is 8.48. The second-order valence-corrected chi connectivity index (χ2v) is 6.13. The third-order valence-corrected chi connectivity index (χ3v) is 4.06. The molecular weight excluding hydrogens is 320 g/mol. The maximum absolute atomic E-state index is 12.0. The maximum atomic E-state index is 12.0. The summed E-state index contributed by atoms with van der Waals surface area (Å²) < 4.78 is 6.89. The predicted molar refractivity (Wildman–Crippen MR) is 93.2 cm³/mol. The standard InChI is InChI=1S/C18H22N4O3/c23-17(20-14-6-4-5-7-14)12-22-11-15(10-19-22)21-18(24)13-25-16-8-2-1-3-9-16/h1-3,8-11,14H,4-7,12-13H2,(H,20,23)(H,21,24). The average Bonchev–Trinajstić information content (AvgIpc) is 3.26. The molecule has 0 aliphatic heterocycles. The molecule has 132 valence electrons. The number of hydrogen-bond acceptors (Lipinski definition) is 4. The summed E-state index contributed by atoms with van der Waals surface area (Å²) in [6.45, 7) is 0.0598. The van der Waals surface area contributed by atoms with E-state index in [2.05, 4.69) is 15.7 Å². The summed E-state index contributed by atoms with van der Waals surface area (Å²) in [7, 11) is 0. The number of benzene rings is 1. The van der Waals surface area contributed by atoms with Crippen molar-refractivity contribution in [2.45, 2.75) is 38.3 Å². The van der Waals surface area contributed by atoms with Gasteiger partial charge in [0.05, 0.1) is 11.9 Å². The molecule has 1 fully saturated rings. The van der Waals surface area contributed by atoms with Gasteiger partial charge in [0.1, 0.15) is 12.3 Å². The van der Waals surface area contributed by atoms with Crippen LogP contribution in [0.2, 0.25) is 0 Å². The van der Waals surface area contributed by atoms with E-state index < -0.39 is 0 Å². The van der Waals surface area contributed by atoms with Crippen LogP contribution in [0.3, 0.4) is 0 Å². The van der Waals surface area contributed by atoms with Crippen LogP contribution in [0.5, 0.6) is 5.75 Å². The van der Waals surface area contributed by atoms with Gasteiger partial charge in [0.15, 0.2) is 6.61 Å². The molecule has 0 spiro atoms. The van der Waals surface area contributed by atoms with Gasteiger partial charge in [0.25, 0.3) is 5.91 Å². The van der Waals surface area contributed by atoms with Crippen molar-refractivity contribution in [2.24, 2.45) is 0 Å². The number of rotatable bonds is 7. The number of anilines is 1. The van der Waals surface area contributed by atoms with Crippen LogP contribution in [0.1, 0.15) is 25.7 Å². The molecule has 1 heterocycles. The Bertz CT molecular complexity index is 708. The Hall–Kier alpha value is -2.83. The van der Waals surface area contributed by atoms with Gasteiger partial charge in [-0.2, -0.15) is 5.10 Å². The molecule has 0 unspecified atom stereocenters. The first-order chi connectivity index (χ1) is 12.2. The van der Waals surface area contributed by atoms with Crippen LogP contribution >= 0.6 is 0 Å². The lowest BCUT2D eigenvalue weighted by Gasteiger charge is -2.11. The highest BCUT2D eigenvalue weighted by atomic mass is 16.5. The first kappa shape index (κ1) is 17.0. The largest absolute Gasteiger partial charge is 0.484 e. The van der Waals surface area contributed by atoms with Crippen LogP contribution < -0.4 is 15.4 Å².